The van der Waals surface area contributed by atoms with Gasteiger partial charge >= 0.3 is 0 Å². The molecule has 0 saturated heterocycles. The van der Waals surface area contributed by atoms with E-state index in [1.807, 2.05) is 26.4 Å². The van der Waals surface area contributed by atoms with Crippen molar-refractivity contribution in [2.45, 2.75) is 25.8 Å². The Bertz CT molecular complexity index is 461. The number of hydrogen-bond donors (Lipinski definition) is 1. The van der Waals surface area contributed by atoms with E-state index in [4.69, 9.17) is 5.73 Å². The summed E-state index contributed by atoms with van der Waals surface area (Å²) < 4.78 is 5.70. The molecule has 1 atom stereocenters. The molecule has 0 aliphatic carbocycles. The molecule has 2 N–H and O–H groups in total. The van der Waals surface area contributed by atoms with Crippen LogP contribution in [-0.2, 0) is 13.5 Å². The van der Waals surface area contributed by atoms with Crippen molar-refractivity contribution in [3.8, 4) is 0 Å². The van der Waals surface area contributed by atoms with Crippen molar-refractivity contribution >= 4 is 11.5 Å². The Kier molecular flexibility index (Phi) is 3.31. The maximum atomic E-state index is 6.10. The van der Waals surface area contributed by atoms with Crippen molar-refractivity contribution in [2.75, 3.05) is 0 Å². The van der Waals surface area contributed by atoms with Crippen LogP contribution in [-0.4, -0.2) is 19.4 Å². The quantitative estimate of drug-likeness (QED) is 0.867. The first kappa shape index (κ1) is 11.2. The number of aryl methyl sites for hydroxylation is 3. The van der Waals surface area contributed by atoms with Gasteiger partial charge in [0, 0.05) is 19.3 Å². The van der Waals surface area contributed by atoms with E-state index < -0.39 is 0 Å². The molecular weight excluding hydrogens is 222 g/mol. The number of nitrogens with two attached hydrogens (primary N) is 1. The number of rotatable bonds is 4. The van der Waals surface area contributed by atoms with Gasteiger partial charge in [0.05, 0.1) is 16.8 Å². The third-order valence-corrected chi connectivity index (χ3v) is 3.48. The summed E-state index contributed by atoms with van der Waals surface area (Å²) in [7, 11) is 1.92. The molecule has 0 bridgehead atoms. The minimum Gasteiger partial charge on any atom is -0.323 e. The first-order chi connectivity index (χ1) is 7.66. The summed E-state index contributed by atoms with van der Waals surface area (Å²) >= 11 is 1.39. The van der Waals surface area contributed by atoms with E-state index in [1.165, 1.54) is 17.1 Å². The predicted octanol–water partition coefficient (Wildman–Crippen LogP) is 1.21. The van der Waals surface area contributed by atoms with Crippen LogP contribution in [0, 0.1) is 6.92 Å². The van der Waals surface area contributed by atoms with Gasteiger partial charge in [-0.05, 0) is 36.9 Å². The Morgan fingerprint density at radius 2 is 2.38 bits per heavy atom. The summed E-state index contributed by atoms with van der Waals surface area (Å²) in [5.41, 5.74) is 8.26. The average molecular weight is 237 g/mol. The Hall–Kier alpha value is -1.27. The predicted molar refractivity (Wildman–Crippen MR) is 63.1 cm³/mol. The summed E-state index contributed by atoms with van der Waals surface area (Å²) in [4.78, 5) is 1.09. The Balaban J connectivity index is 1.93. The van der Waals surface area contributed by atoms with Crippen LogP contribution in [0.3, 0.4) is 0 Å². The molecule has 2 aromatic heterocycles. The molecule has 0 radical (unpaired) electrons. The molecule has 0 spiro atoms. The van der Waals surface area contributed by atoms with Gasteiger partial charge in [-0.15, -0.1) is 5.10 Å². The minimum atomic E-state index is 0.0280. The summed E-state index contributed by atoms with van der Waals surface area (Å²) in [6.07, 6.45) is 5.73. The highest BCUT2D eigenvalue weighted by molar-refractivity contribution is 7.05. The molecule has 16 heavy (non-hydrogen) atoms. The number of nitrogens with zero attached hydrogens (tertiary/aromatic N) is 4. The average Bonchev–Trinajstić information content (AvgIpc) is 2.84. The van der Waals surface area contributed by atoms with E-state index in [2.05, 4.69) is 14.7 Å². The van der Waals surface area contributed by atoms with Gasteiger partial charge in [0.2, 0.25) is 0 Å². The second-order valence-electron chi connectivity index (χ2n) is 3.89. The molecule has 2 aromatic rings. The second-order valence-corrected chi connectivity index (χ2v) is 4.68. The van der Waals surface area contributed by atoms with Gasteiger partial charge < -0.3 is 5.73 Å². The van der Waals surface area contributed by atoms with Crippen molar-refractivity contribution < 1.29 is 0 Å². The fraction of sp³-hybridized carbons (Fsp3) is 0.500. The lowest BCUT2D eigenvalue weighted by Crippen LogP contribution is -2.10. The molecule has 0 fully saturated rings. The highest BCUT2D eigenvalue weighted by atomic mass is 32.1. The second kappa shape index (κ2) is 4.71. The fourth-order valence-electron chi connectivity index (χ4n) is 1.63. The van der Waals surface area contributed by atoms with Crippen LogP contribution in [0.1, 0.15) is 28.6 Å². The lowest BCUT2D eigenvalue weighted by atomic mass is 10.1. The van der Waals surface area contributed by atoms with Gasteiger partial charge in [-0.1, -0.05) is 4.49 Å². The van der Waals surface area contributed by atoms with E-state index in [-0.39, 0.29) is 6.04 Å². The summed E-state index contributed by atoms with van der Waals surface area (Å²) in [5.74, 6) is 0. The molecule has 1 unspecified atom stereocenters. The summed E-state index contributed by atoms with van der Waals surface area (Å²) in [6, 6.07) is 0.0280. The van der Waals surface area contributed by atoms with Gasteiger partial charge in [-0.25, -0.2) is 0 Å². The van der Waals surface area contributed by atoms with Crippen LogP contribution in [0.2, 0.25) is 0 Å². The summed E-state index contributed by atoms with van der Waals surface area (Å²) in [5, 5.41) is 8.10. The molecule has 86 valence electrons. The lowest BCUT2D eigenvalue weighted by Gasteiger charge is -2.07. The molecule has 0 saturated carbocycles. The van der Waals surface area contributed by atoms with Crippen LogP contribution in [0.4, 0.5) is 0 Å². The zero-order chi connectivity index (χ0) is 11.5. The molecule has 5 nitrogen and oxygen atoms in total. The van der Waals surface area contributed by atoms with E-state index >= 15 is 0 Å². The van der Waals surface area contributed by atoms with Gasteiger partial charge in [0.1, 0.15) is 0 Å². The van der Waals surface area contributed by atoms with Gasteiger partial charge in [-0.2, -0.15) is 5.10 Å². The van der Waals surface area contributed by atoms with E-state index in [0.29, 0.717) is 0 Å². The van der Waals surface area contributed by atoms with E-state index in [0.717, 1.165) is 23.4 Å². The van der Waals surface area contributed by atoms with Crippen LogP contribution in [0.15, 0.2) is 12.4 Å². The molecule has 0 aromatic carbocycles. The minimum absolute atomic E-state index is 0.0280. The number of aromatic nitrogens is 4. The summed E-state index contributed by atoms with van der Waals surface area (Å²) in [6.45, 7) is 1.95. The SMILES string of the molecule is Cc1nnsc1C(N)CCc1cnn(C)c1. The van der Waals surface area contributed by atoms with E-state index in [1.54, 1.807) is 4.68 Å². The Labute approximate surface area is 98.4 Å². The van der Waals surface area contributed by atoms with Crippen molar-refractivity contribution in [3.05, 3.63) is 28.5 Å². The topological polar surface area (TPSA) is 69.6 Å². The van der Waals surface area contributed by atoms with Crippen molar-refractivity contribution in [1.29, 1.82) is 0 Å². The molecule has 2 heterocycles. The van der Waals surface area contributed by atoms with Crippen LogP contribution in [0.5, 0.6) is 0 Å². The van der Waals surface area contributed by atoms with Gasteiger partial charge in [0.15, 0.2) is 0 Å². The maximum absolute atomic E-state index is 6.10. The third-order valence-electron chi connectivity index (χ3n) is 2.53. The Morgan fingerprint density at radius 1 is 1.56 bits per heavy atom. The largest absolute Gasteiger partial charge is 0.323 e. The van der Waals surface area contributed by atoms with Crippen LogP contribution >= 0.6 is 11.5 Å². The molecule has 2 rings (SSSR count). The van der Waals surface area contributed by atoms with Crippen molar-refractivity contribution in [1.82, 2.24) is 19.4 Å². The third kappa shape index (κ3) is 2.45. The zero-order valence-electron chi connectivity index (χ0n) is 9.42. The van der Waals surface area contributed by atoms with Gasteiger partial charge in [-0.3, -0.25) is 4.68 Å². The fourth-order valence-corrected chi connectivity index (χ4v) is 2.31. The van der Waals surface area contributed by atoms with Crippen LogP contribution in [0.25, 0.3) is 0 Å². The zero-order valence-corrected chi connectivity index (χ0v) is 10.2. The standard InChI is InChI=1S/C10H15N5S/c1-7-10(16-14-13-7)9(11)4-3-8-5-12-15(2)6-8/h5-6,9H,3-4,11H2,1-2H3. The van der Waals surface area contributed by atoms with Crippen molar-refractivity contribution in [3.63, 3.8) is 0 Å². The molecule has 0 aliphatic heterocycles. The molecule has 0 aliphatic rings. The first-order valence-corrected chi connectivity index (χ1v) is 5.96. The maximum Gasteiger partial charge on any atom is 0.0772 e. The van der Waals surface area contributed by atoms with Crippen LogP contribution < -0.4 is 5.73 Å². The number of hydrogen-bond acceptors (Lipinski definition) is 5. The molecule has 0 amide bonds. The lowest BCUT2D eigenvalue weighted by molar-refractivity contribution is 0.656. The first-order valence-electron chi connectivity index (χ1n) is 5.19. The smallest absolute Gasteiger partial charge is 0.0772 e. The monoisotopic (exact) mass is 237 g/mol. The molecule has 6 heteroatoms. The van der Waals surface area contributed by atoms with Crippen molar-refractivity contribution in [2.24, 2.45) is 12.8 Å². The normalized spacial score (nSPS) is 12.9. The Morgan fingerprint density at radius 3 is 2.94 bits per heavy atom. The highest BCUT2D eigenvalue weighted by Crippen LogP contribution is 2.21. The molecular formula is C10H15N5S. The van der Waals surface area contributed by atoms with E-state index in [9.17, 15) is 0 Å². The highest BCUT2D eigenvalue weighted by Gasteiger charge is 2.12. The van der Waals surface area contributed by atoms with Gasteiger partial charge in [0.25, 0.3) is 0 Å².